The molecule has 0 saturated heterocycles. The molecule has 0 unspecified atom stereocenters. The first kappa shape index (κ1) is 9.23. The number of aromatic nitrogens is 1. The average molecular weight is 228 g/mol. The number of primary amides is 1. The lowest BCUT2D eigenvalue weighted by molar-refractivity contribution is 0.259. The lowest BCUT2D eigenvalue weighted by atomic mass is 10.3. The van der Waals surface area contributed by atoms with Crippen LogP contribution in [0.3, 0.4) is 0 Å². The third-order valence-corrected chi connectivity index (χ3v) is 2.84. The highest BCUT2D eigenvalue weighted by atomic mass is 35.5. The summed E-state index contributed by atoms with van der Waals surface area (Å²) in [5.41, 5.74) is 5.65. The minimum atomic E-state index is -0.625. The van der Waals surface area contributed by atoms with E-state index >= 15 is 0 Å². The summed E-state index contributed by atoms with van der Waals surface area (Å²) in [6.45, 7) is 0. The van der Waals surface area contributed by atoms with Crippen LogP contribution in [0.4, 0.5) is 9.93 Å². The van der Waals surface area contributed by atoms with E-state index in [1.165, 1.54) is 11.3 Å². The molecule has 1 aromatic carbocycles. The number of fused-ring (bicyclic) bond motifs is 1. The zero-order valence-corrected chi connectivity index (χ0v) is 8.52. The van der Waals surface area contributed by atoms with Gasteiger partial charge in [-0.1, -0.05) is 29.0 Å². The molecule has 2 rings (SSSR count). The number of rotatable bonds is 1. The second-order valence-electron chi connectivity index (χ2n) is 2.59. The molecule has 6 heteroatoms. The van der Waals surface area contributed by atoms with Crippen molar-refractivity contribution in [3.8, 4) is 0 Å². The molecule has 0 aliphatic carbocycles. The largest absolute Gasteiger partial charge is 0.351 e. The van der Waals surface area contributed by atoms with Gasteiger partial charge in [0.1, 0.15) is 5.52 Å². The SMILES string of the molecule is NC(=O)Nc1nc2c(Cl)cccc2s1. The van der Waals surface area contributed by atoms with Crippen molar-refractivity contribution in [1.82, 2.24) is 4.98 Å². The van der Waals surface area contributed by atoms with Crippen molar-refractivity contribution in [3.63, 3.8) is 0 Å². The highest BCUT2D eigenvalue weighted by molar-refractivity contribution is 7.22. The van der Waals surface area contributed by atoms with E-state index in [0.717, 1.165) is 4.70 Å². The number of para-hydroxylation sites is 1. The molecule has 0 saturated carbocycles. The van der Waals surface area contributed by atoms with Crippen molar-refractivity contribution in [3.05, 3.63) is 23.2 Å². The van der Waals surface area contributed by atoms with Crippen LogP contribution in [-0.4, -0.2) is 11.0 Å². The fraction of sp³-hybridized carbons (Fsp3) is 0. The Morgan fingerprint density at radius 1 is 1.57 bits per heavy atom. The van der Waals surface area contributed by atoms with E-state index in [-0.39, 0.29) is 0 Å². The third-order valence-electron chi connectivity index (χ3n) is 1.60. The summed E-state index contributed by atoms with van der Waals surface area (Å²) in [7, 11) is 0. The van der Waals surface area contributed by atoms with Gasteiger partial charge in [-0.3, -0.25) is 5.32 Å². The van der Waals surface area contributed by atoms with E-state index in [4.69, 9.17) is 17.3 Å². The van der Waals surface area contributed by atoms with Crippen molar-refractivity contribution in [1.29, 1.82) is 0 Å². The number of benzene rings is 1. The molecule has 4 nitrogen and oxygen atoms in total. The predicted molar refractivity (Wildman–Crippen MR) is 57.8 cm³/mol. The fourth-order valence-corrected chi connectivity index (χ4v) is 2.24. The Labute approximate surface area is 88.7 Å². The number of anilines is 1. The lowest BCUT2D eigenvalue weighted by Gasteiger charge is -1.91. The molecule has 0 aliphatic heterocycles. The maximum atomic E-state index is 10.6. The second kappa shape index (κ2) is 3.43. The average Bonchev–Trinajstić information content (AvgIpc) is 2.47. The summed E-state index contributed by atoms with van der Waals surface area (Å²) in [6, 6.07) is 4.83. The Morgan fingerprint density at radius 3 is 3.00 bits per heavy atom. The van der Waals surface area contributed by atoms with Gasteiger partial charge in [-0.15, -0.1) is 0 Å². The van der Waals surface area contributed by atoms with Gasteiger partial charge in [0.15, 0.2) is 5.13 Å². The quantitative estimate of drug-likeness (QED) is 0.786. The highest BCUT2D eigenvalue weighted by Crippen LogP contribution is 2.30. The lowest BCUT2D eigenvalue weighted by Crippen LogP contribution is -2.18. The number of amides is 2. The van der Waals surface area contributed by atoms with Crippen molar-refractivity contribution in [2.24, 2.45) is 5.73 Å². The first-order valence-electron chi connectivity index (χ1n) is 3.78. The monoisotopic (exact) mass is 227 g/mol. The van der Waals surface area contributed by atoms with Gasteiger partial charge in [0.2, 0.25) is 0 Å². The highest BCUT2D eigenvalue weighted by Gasteiger charge is 2.07. The van der Waals surface area contributed by atoms with E-state index in [9.17, 15) is 4.79 Å². The van der Waals surface area contributed by atoms with Crippen LogP contribution in [0, 0.1) is 0 Å². The van der Waals surface area contributed by atoms with Crippen LogP contribution in [0.2, 0.25) is 5.02 Å². The van der Waals surface area contributed by atoms with Crippen LogP contribution in [-0.2, 0) is 0 Å². The molecule has 0 atom stereocenters. The normalized spacial score (nSPS) is 10.4. The summed E-state index contributed by atoms with van der Waals surface area (Å²) in [6.07, 6.45) is 0. The molecule has 0 bridgehead atoms. The van der Waals surface area contributed by atoms with Gasteiger partial charge in [-0.25, -0.2) is 9.78 Å². The smallest absolute Gasteiger partial charge is 0.318 e. The first-order valence-corrected chi connectivity index (χ1v) is 4.98. The molecule has 2 aromatic rings. The number of nitrogens with zero attached hydrogens (tertiary/aromatic N) is 1. The van der Waals surface area contributed by atoms with Gasteiger partial charge in [0.05, 0.1) is 9.72 Å². The maximum Gasteiger partial charge on any atom is 0.318 e. The van der Waals surface area contributed by atoms with Gasteiger partial charge in [0.25, 0.3) is 0 Å². The van der Waals surface area contributed by atoms with Crippen molar-refractivity contribution in [2.75, 3.05) is 5.32 Å². The van der Waals surface area contributed by atoms with Crippen molar-refractivity contribution in [2.45, 2.75) is 0 Å². The zero-order chi connectivity index (χ0) is 10.1. The van der Waals surface area contributed by atoms with Crippen LogP contribution in [0.25, 0.3) is 10.2 Å². The number of hydrogen-bond acceptors (Lipinski definition) is 3. The minimum Gasteiger partial charge on any atom is -0.351 e. The van der Waals surface area contributed by atoms with E-state index in [0.29, 0.717) is 15.7 Å². The first-order chi connectivity index (χ1) is 6.66. The van der Waals surface area contributed by atoms with Gasteiger partial charge in [0, 0.05) is 0 Å². The number of urea groups is 1. The van der Waals surface area contributed by atoms with E-state index in [1.54, 1.807) is 6.07 Å². The standard InChI is InChI=1S/C8H6ClN3OS/c9-4-2-1-3-5-6(4)11-8(14-5)12-7(10)13/h1-3H,(H3,10,11,12,13). The Kier molecular flexibility index (Phi) is 2.26. The number of carbonyl (C=O) groups excluding carboxylic acids is 1. The van der Waals surface area contributed by atoms with E-state index < -0.39 is 6.03 Å². The molecular weight excluding hydrogens is 222 g/mol. The summed E-state index contributed by atoms with van der Waals surface area (Å²) >= 11 is 7.24. The predicted octanol–water partition coefficient (Wildman–Crippen LogP) is 2.44. The van der Waals surface area contributed by atoms with Gasteiger partial charge >= 0.3 is 6.03 Å². The Hall–Kier alpha value is -1.33. The Balaban J connectivity index is 2.51. The molecule has 1 aromatic heterocycles. The maximum absolute atomic E-state index is 10.6. The second-order valence-corrected chi connectivity index (χ2v) is 4.03. The van der Waals surface area contributed by atoms with Crippen LogP contribution in [0.1, 0.15) is 0 Å². The minimum absolute atomic E-state index is 0.459. The van der Waals surface area contributed by atoms with Gasteiger partial charge in [-0.05, 0) is 12.1 Å². The molecule has 1 heterocycles. The number of nitrogens with one attached hydrogen (secondary N) is 1. The number of halogens is 1. The van der Waals surface area contributed by atoms with Crippen LogP contribution in [0.15, 0.2) is 18.2 Å². The van der Waals surface area contributed by atoms with E-state index in [1.807, 2.05) is 12.1 Å². The van der Waals surface area contributed by atoms with Crippen LogP contribution < -0.4 is 11.1 Å². The molecule has 0 fully saturated rings. The number of nitrogens with two attached hydrogens (primary N) is 1. The summed E-state index contributed by atoms with van der Waals surface area (Å²) in [4.78, 5) is 14.7. The van der Waals surface area contributed by atoms with Gasteiger partial charge in [-0.2, -0.15) is 0 Å². The topological polar surface area (TPSA) is 68.0 Å². The van der Waals surface area contributed by atoms with Crippen LogP contribution >= 0.6 is 22.9 Å². The molecule has 0 spiro atoms. The Bertz CT molecular complexity index is 496. The summed E-state index contributed by atoms with van der Waals surface area (Å²) in [5, 5.41) is 3.43. The molecule has 0 aliphatic rings. The summed E-state index contributed by atoms with van der Waals surface area (Å²) < 4.78 is 0.918. The number of carbonyl (C=O) groups is 1. The molecule has 2 amide bonds. The third kappa shape index (κ3) is 1.64. The van der Waals surface area contributed by atoms with Crippen molar-refractivity contribution < 1.29 is 4.79 Å². The molecule has 0 radical (unpaired) electrons. The molecule has 3 N–H and O–H groups in total. The van der Waals surface area contributed by atoms with Crippen molar-refractivity contribution >= 4 is 44.3 Å². The molecular formula is C8H6ClN3OS. The number of thiazole rings is 1. The molecule has 14 heavy (non-hydrogen) atoms. The van der Waals surface area contributed by atoms with Gasteiger partial charge < -0.3 is 5.73 Å². The number of hydrogen-bond donors (Lipinski definition) is 2. The zero-order valence-electron chi connectivity index (χ0n) is 6.95. The fourth-order valence-electron chi connectivity index (χ4n) is 1.07. The van der Waals surface area contributed by atoms with Crippen LogP contribution in [0.5, 0.6) is 0 Å². The molecule has 72 valence electrons. The van der Waals surface area contributed by atoms with E-state index in [2.05, 4.69) is 10.3 Å². The Morgan fingerprint density at radius 2 is 2.36 bits per heavy atom. The summed E-state index contributed by atoms with van der Waals surface area (Å²) in [5.74, 6) is 0.